The van der Waals surface area contributed by atoms with Crippen molar-refractivity contribution in [2.75, 3.05) is 18.0 Å². The summed E-state index contributed by atoms with van der Waals surface area (Å²) in [5, 5.41) is 0.531. The predicted octanol–water partition coefficient (Wildman–Crippen LogP) is 3.05. The van der Waals surface area contributed by atoms with Crippen molar-refractivity contribution in [3.63, 3.8) is 0 Å². The highest BCUT2D eigenvalue weighted by atomic mass is 35.5. The molecule has 4 rings (SSSR count). The molecule has 0 unspecified atom stereocenters. The molecule has 2 aromatic rings. The SMILES string of the molecule is NC=NC=Nc1ccc(C(=O)N(C2CC2)C2CCN(c3ncc(Cl)cn3)CC2)cc1. The maximum atomic E-state index is 13.3. The second-order valence-electron chi connectivity index (χ2n) is 7.45. The summed E-state index contributed by atoms with van der Waals surface area (Å²) >= 11 is 5.89. The molecule has 1 saturated carbocycles. The van der Waals surface area contributed by atoms with Gasteiger partial charge in [0, 0.05) is 30.7 Å². The highest BCUT2D eigenvalue weighted by molar-refractivity contribution is 6.30. The minimum atomic E-state index is 0.0919. The minimum absolute atomic E-state index is 0.0919. The molecule has 9 heteroatoms. The Morgan fingerprint density at radius 2 is 1.73 bits per heavy atom. The van der Waals surface area contributed by atoms with Crippen molar-refractivity contribution in [2.24, 2.45) is 15.7 Å². The van der Waals surface area contributed by atoms with Gasteiger partial charge in [-0.05, 0) is 49.9 Å². The van der Waals surface area contributed by atoms with Crippen LogP contribution in [0.15, 0.2) is 46.6 Å². The van der Waals surface area contributed by atoms with Gasteiger partial charge in [0.2, 0.25) is 5.95 Å². The highest BCUT2D eigenvalue weighted by Crippen LogP contribution is 2.34. The van der Waals surface area contributed by atoms with Gasteiger partial charge in [0.15, 0.2) is 0 Å². The van der Waals surface area contributed by atoms with Gasteiger partial charge >= 0.3 is 0 Å². The van der Waals surface area contributed by atoms with Crippen molar-refractivity contribution in [1.29, 1.82) is 0 Å². The minimum Gasteiger partial charge on any atom is -0.390 e. The fraction of sp³-hybridized carbons (Fsp3) is 0.381. The summed E-state index contributed by atoms with van der Waals surface area (Å²) in [6.45, 7) is 1.64. The molecule has 2 N–H and O–H groups in total. The maximum Gasteiger partial charge on any atom is 0.254 e. The number of rotatable bonds is 6. The maximum absolute atomic E-state index is 13.3. The number of carbonyl (C=O) groups excluding carboxylic acids is 1. The van der Waals surface area contributed by atoms with Crippen molar-refractivity contribution in [3.05, 3.63) is 47.2 Å². The molecular formula is C21H24ClN7O. The van der Waals surface area contributed by atoms with Crippen molar-refractivity contribution < 1.29 is 4.79 Å². The summed E-state index contributed by atoms with van der Waals surface area (Å²) < 4.78 is 0. The van der Waals surface area contributed by atoms with E-state index in [1.54, 1.807) is 12.4 Å². The molecule has 1 aromatic heterocycles. The number of anilines is 1. The Labute approximate surface area is 180 Å². The van der Waals surface area contributed by atoms with Crippen molar-refractivity contribution in [2.45, 2.75) is 37.8 Å². The average Bonchev–Trinajstić information content (AvgIpc) is 3.61. The lowest BCUT2D eigenvalue weighted by Gasteiger charge is -2.39. The van der Waals surface area contributed by atoms with Crippen LogP contribution < -0.4 is 10.6 Å². The number of carbonyl (C=O) groups is 1. The van der Waals surface area contributed by atoms with E-state index >= 15 is 0 Å². The summed E-state index contributed by atoms with van der Waals surface area (Å²) in [4.78, 5) is 34.1. The topological polar surface area (TPSA) is 100 Å². The summed E-state index contributed by atoms with van der Waals surface area (Å²) in [5.41, 5.74) is 6.61. The third-order valence-corrected chi connectivity index (χ3v) is 5.59. The Bertz CT molecular complexity index is 917. The van der Waals surface area contributed by atoms with E-state index in [2.05, 4.69) is 29.8 Å². The van der Waals surface area contributed by atoms with Crippen LogP contribution in [-0.4, -0.2) is 58.6 Å². The fourth-order valence-electron chi connectivity index (χ4n) is 3.77. The Morgan fingerprint density at radius 3 is 2.33 bits per heavy atom. The van der Waals surface area contributed by atoms with E-state index in [0.29, 0.717) is 22.6 Å². The molecule has 1 amide bonds. The molecule has 0 bridgehead atoms. The molecule has 1 aliphatic carbocycles. The number of aromatic nitrogens is 2. The number of hydrogen-bond acceptors (Lipinski definition) is 5. The number of hydrogen-bond donors (Lipinski definition) is 1. The molecule has 2 heterocycles. The van der Waals surface area contributed by atoms with Gasteiger partial charge in [0.05, 0.1) is 29.4 Å². The van der Waals surface area contributed by atoms with E-state index < -0.39 is 0 Å². The zero-order valence-corrected chi connectivity index (χ0v) is 17.3. The van der Waals surface area contributed by atoms with E-state index in [0.717, 1.165) is 44.5 Å². The first-order chi connectivity index (χ1) is 14.7. The van der Waals surface area contributed by atoms with Crippen molar-refractivity contribution >= 4 is 41.8 Å². The first kappa shape index (κ1) is 20.3. The Morgan fingerprint density at radius 1 is 1.10 bits per heavy atom. The van der Waals surface area contributed by atoms with Gasteiger partial charge in [-0.2, -0.15) is 0 Å². The lowest BCUT2D eigenvalue weighted by atomic mass is 10.0. The van der Waals surface area contributed by atoms with E-state index in [9.17, 15) is 4.79 Å². The van der Waals surface area contributed by atoms with Gasteiger partial charge in [-0.1, -0.05) is 11.6 Å². The second kappa shape index (κ2) is 9.21. The third-order valence-electron chi connectivity index (χ3n) is 5.40. The van der Waals surface area contributed by atoms with Crippen molar-refractivity contribution in [1.82, 2.24) is 14.9 Å². The van der Waals surface area contributed by atoms with E-state index in [4.69, 9.17) is 17.3 Å². The number of piperidine rings is 1. The largest absolute Gasteiger partial charge is 0.390 e. The lowest BCUT2D eigenvalue weighted by Crippen LogP contribution is -2.48. The molecule has 30 heavy (non-hydrogen) atoms. The molecule has 2 fully saturated rings. The van der Waals surface area contributed by atoms with Gasteiger partial charge in [0.1, 0.15) is 6.34 Å². The Hall–Kier alpha value is -3.00. The van der Waals surface area contributed by atoms with Gasteiger partial charge in [0.25, 0.3) is 5.91 Å². The van der Waals surface area contributed by atoms with Crippen LogP contribution in [0.4, 0.5) is 11.6 Å². The molecule has 0 atom stereocenters. The normalized spacial score (nSPS) is 17.7. The summed E-state index contributed by atoms with van der Waals surface area (Å²) in [5.74, 6) is 0.784. The highest BCUT2D eigenvalue weighted by Gasteiger charge is 2.39. The van der Waals surface area contributed by atoms with E-state index in [-0.39, 0.29) is 11.9 Å². The summed E-state index contributed by atoms with van der Waals surface area (Å²) in [6, 6.07) is 7.87. The van der Waals surface area contributed by atoms with Gasteiger partial charge in [-0.15, -0.1) is 0 Å². The molecule has 1 aliphatic heterocycles. The molecule has 0 radical (unpaired) electrons. The van der Waals surface area contributed by atoms with Crippen LogP contribution in [0.1, 0.15) is 36.0 Å². The van der Waals surface area contributed by atoms with Crippen LogP contribution in [0.25, 0.3) is 0 Å². The number of nitrogens with zero attached hydrogens (tertiary/aromatic N) is 6. The quantitative estimate of drug-likeness (QED) is 0.566. The standard InChI is InChI=1S/C21H24ClN7O/c22-16-11-25-21(26-12-16)28-9-7-19(8-10-28)29(18-5-6-18)20(30)15-1-3-17(4-2-15)27-14-24-13-23/h1-4,11-14,18-19H,5-10H2,(H2,23,24,27). The van der Waals surface area contributed by atoms with Crippen LogP contribution in [0, 0.1) is 0 Å². The zero-order valence-electron chi connectivity index (χ0n) is 16.6. The third kappa shape index (κ3) is 4.76. The van der Waals surface area contributed by atoms with Gasteiger partial charge in [-0.25, -0.2) is 20.0 Å². The number of halogens is 1. The van der Waals surface area contributed by atoms with Crippen LogP contribution in [0.5, 0.6) is 0 Å². The van der Waals surface area contributed by atoms with Gasteiger partial charge in [-0.3, -0.25) is 4.79 Å². The van der Waals surface area contributed by atoms with Gasteiger partial charge < -0.3 is 15.5 Å². The number of benzene rings is 1. The van der Waals surface area contributed by atoms with E-state index in [1.165, 1.54) is 12.7 Å². The van der Waals surface area contributed by atoms with Crippen LogP contribution in [0.2, 0.25) is 5.02 Å². The Kier molecular flexibility index (Phi) is 6.23. The first-order valence-corrected chi connectivity index (χ1v) is 10.4. The number of amides is 1. The predicted molar refractivity (Wildman–Crippen MR) is 119 cm³/mol. The first-order valence-electron chi connectivity index (χ1n) is 10.1. The average molecular weight is 426 g/mol. The molecule has 2 aliphatic rings. The molecule has 156 valence electrons. The number of nitrogens with two attached hydrogens (primary N) is 1. The molecule has 1 aromatic carbocycles. The summed E-state index contributed by atoms with van der Waals surface area (Å²) in [6.07, 6.45) is 9.74. The molecule has 8 nitrogen and oxygen atoms in total. The Balaban J connectivity index is 1.42. The summed E-state index contributed by atoms with van der Waals surface area (Å²) in [7, 11) is 0. The van der Waals surface area contributed by atoms with Crippen molar-refractivity contribution in [3.8, 4) is 0 Å². The molecular weight excluding hydrogens is 402 g/mol. The molecule has 1 saturated heterocycles. The lowest BCUT2D eigenvalue weighted by molar-refractivity contribution is 0.0630. The second-order valence-corrected chi connectivity index (χ2v) is 7.89. The number of aliphatic imine (C=N–C) groups is 2. The molecule has 0 spiro atoms. The zero-order chi connectivity index (χ0) is 20.9. The fourth-order valence-corrected chi connectivity index (χ4v) is 3.87. The van der Waals surface area contributed by atoms with Crippen LogP contribution in [-0.2, 0) is 0 Å². The monoisotopic (exact) mass is 425 g/mol. The van der Waals surface area contributed by atoms with E-state index in [1.807, 2.05) is 24.3 Å². The van der Waals surface area contributed by atoms with Crippen LogP contribution >= 0.6 is 11.6 Å². The van der Waals surface area contributed by atoms with Crippen LogP contribution in [0.3, 0.4) is 0 Å². The smallest absolute Gasteiger partial charge is 0.254 e.